The SMILES string of the molecule is COC(=O)c1c(NC(=O)/C=C\c2ccccc2)sc2c1CC[C@@H](C(C)(C)C)C2. The van der Waals surface area contributed by atoms with Crippen molar-refractivity contribution in [2.75, 3.05) is 12.4 Å². The summed E-state index contributed by atoms with van der Waals surface area (Å²) in [4.78, 5) is 26.1. The van der Waals surface area contributed by atoms with Gasteiger partial charge in [-0.15, -0.1) is 11.3 Å². The maximum Gasteiger partial charge on any atom is 0.341 e. The Labute approximate surface area is 170 Å². The van der Waals surface area contributed by atoms with Crippen LogP contribution in [0.5, 0.6) is 0 Å². The van der Waals surface area contributed by atoms with Gasteiger partial charge in [0.25, 0.3) is 0 Å². The molecule has 1 amide bonds. The first-order chi connectivity index (χ1) is 13.3. The van der Waals surface area contributed by atoms with Crippen LogP contribution in [0.4, 0.5) is 5.00 Å². The van der Waals surface area contributed by atoms with Crippen LogP contribution in [-0.4, -0.2) is 19.0 Å². The highest BCUT2D eigenvalue weighted by Crippen LogP contribution is 2.44. The summed E-state index contributed by atoms with van der Waals surface area (Å²) in [5.41, 5.74) is 2.73. The fraction of sp³-hybridized carbons (Fsp3) is 0.391. The minimum Gasteiger partial charge on any atom is -0.465 e. The van der Waals surface area contributed by atoms with Crippen LogP contribution >= 0.6 is 11.3 Å². The number of hydrogen-bond acceptors (Lipinski definition) is 4. The number of nitrogens with one attached hydrogen (secondary N) is 1. The second-order valence-electron chi connectivity index (χ2n) is 8.24. The number of fused-ring (bicyclic) bond motifs is 1. The molecule has 1 N–H and O–H groups in total. The first-order valence-electron chi connectivity index (χ1n) is 9.56. The van der Waals surface area contributed by atoms with E-state index in [1.165, 1.54) is 29.4 Å². The molecule has 0 bridgehead atoms. The topological polar surface area (TPSA) is 55.4 Å². The predicted molar refractivity (Wildman–Crippen MR) is 115 cm³/mol. The summed E-state index contributed by atoms with van der Waals surface area (Å²) < 4.78 is 5.00. The van der Waals surface area contributed by atoms with Gasteiger partial charge in [-0.2, -0.15) is 0 Å². The molecule has 0 fully saturated rings. The number of rotatable bonds is 4. The largest absolute Gasteiger partial charge is 0.465 e. The van der Waals surface area contributed by atoms with Crippen molar-refractivity contribution in [2.24, 2.45) is 11.3 Å². The summed E-state index contributed by atoms with van der Waals surface area (Å²) in [6, 6.07) is 9.64. The van der Waals surface area contributed by atoms with Crippen LogP contribution in [0.2, 0.25) is 0 Å². The quantitative estimate of drug-likeness (QED) is 0.560. The van der Waals surface area contributed by atoms with Crippen LogP contribution in [-0.2, 0) is 22.4 Å². The summed E-state index contributed by atoms with van der Waals surface area (Å²) >= 11 is 1.51. The lowest BCUT2D eigenvalue weighted by molar-refractivity contribution is -0.111. The number of carbonyl (C=O) groups excluding carboxylic acids is 2. The third-order valence-electron chi connectivity index (χ3n) is 5.34. The van der Waals surface area contributed by atoms with E-state index in [0.29, 0.717) is 16.5 Å². The minimum atomic E-state index is -0.381. The number of thiophene rings is 1. The number of methoxy groups -OCH3 is 1. The zero-order valence-corrected chi connectivity index (χ0v) is 17.7. The molecule has 5 heteroatoms. The molecule has 1 atom stereocenters. The van der Waals surface area contributed by atoms with Gasteiger partial charge in [0, 0.05) is 11.0 Å². The average molecular weight is 398 g/mol. The number of anilines is 1. The summed E-state index contributed by atoms with van der Waals surface area (Å²) in [6.45, 7) is 6.78. The second-order valence-corrected chi connectivity index (χ2v) is 9.34. The van der Waals surface area contributed by atoms with Gasteiger partial charge in [-0.25, -0.2) is 4.79 Å². The minimum absolute atomic E-state index is 0.217. The molecule has 1 aromatic carbocycles. The zero-order chi connectivity index (χ0) is 20.3. The molecule has 0 unspecified atom stereocenters. The highest BCUT2D eigenvalue weighted by molar-refractivity contribution is 7.17. The number of ether oxygens (including phenoxy) is 1. The monoisotopic (exact) mass is 397 g/mol. The standard InChI is InChI=1S/C23H27NO3S/c1-23(2,3)16-11-12-17-18(14-16)28-21(20(17)22(26)27-4)24-19(25)13-10-15-8-6-5-7-9-15/h5-10,13,16H,11-12,14H2,1-4H3,(H,24,25)/b13-10-/t16-/m1/s1. The molecule has 0 spiro atoms. The molecule has 0 radical (unpaired) electrons. The molecule has 148 valence electrons. The van der Waals surface area contributed by atoms with Gasteiger partial charge in [0.05, 0.1) is 12.7 Å². The van der Waals surface area contributed by atoms with E-state index in [0.717, 1.165) is 30.4 Å². The van der Waals surface area contributed by atoms with Gasteiger partial charge >= 0.3 is 5.97 Å². The Morgan fingerprint density at radius 3 is 2.57 bits per heavy atom. The molecule has 2 aromatic rings. The van der Waals surface area contributed by atoms with E-state index in [-0.39, 0.29) is 17.3 Å². The third kappa shape index (κ3) is 4.53. The molecule has 1 aromatic heterocycles. The lowest BCUT2D eigenvalue weighted by Gasteiger charge is -2.33. The van der Waals surface area contributed by atoms with Crippen LogP contribution in [0, 0.1) is 11.3 Å². The maximum absolute atomic E-state index is 12.4. The van der Waals surface area contributed by atoms with Crippen molar-refractivity contribution in [1.29, 1.82) is 0 Å². The van der Waals surface area contributed by atoms with Gasteiger partial charge in [-0.05, 0) is 47.8 Å². The van der Waals surface area contributed by atoms with Gasteiger partial charge in [0.2, 0.25) is 5.91 Å². The highest BCUT2D eigenvalue weighted by atomic mass is 32.1. The molecular weight excluding hydrogens is 370 g/mol. The van der Waals surface area contributed by atoms with Crippen molar-refractivity contribution >= 4 is 34.3 Å². The summed E-state index contributed by atoms with van der Waals surface area (Å²) in [6.07, 6.45) is 6.07. The molecule has 1 heterocycles. The fourth-order valence-electron chi connectivity index (χ4n) is 3.62. The van der Waals surface area contributed by atoms with Crippen LogP contribution < -0.4 is 5.32 Å². The number of hydrogen-bond donors (Lipinski definition) is 1. The van der Waals surface area contributed by atoms with E-state index in [4.69, 9.17) is 4.74 Å². The van der Waals surface area contributed by atoms with Crippen LogP contribution in [0.25, 0.3) is 6.08 Å². The van der Waals surface area contributed by atoms with E-state index in [1.807, 2.05) is 30.3 Å². The Morgan fingerprint density at radius 2 is 1.93 bits per heavy atom. The summed E-state index contributed by atoms with van der Waals surface area (Å²) in [5.74, 6) is -0.0697. The first-order valence-corrected chi connectivity index (χ1v) is 10.4. The van der Waals surface area contributed by atoms with E-state index in [1.54, 1.807) is 6.08 Å². The van der Waals surface area contributed by atoms with Gasteiger partial charge in [0.1, 0.15) is 5.00 Å². The lowest BCUT2D eigenvalue weighted by Crippen LogP contribution is -2.26. The Hall–Kier alpha value is -2.40. The average Bonchev–Trinajstić information content (AvgIpc) is 3.02. The van der Waals surface area contributed by atoms with Gasteiger partial charge in [-0.3, -0.25) is 4.79 Å². The van der Waals surface area contributed by atoms with Crippen molar-refractivity contribution in [2.45, 2.75) is 40.0 Å². The molecule has 1 aliphatic carbocycles. The number of amides is 1. The molecule has 4 nitrogen and oxygen atoms in total. The molecule has 1 aliphatic rings. The predicted octanol–water partition coefficient (Wildman–Crippen LogP) is 5.34. The number of esters is 1. The normalized spacial score (nSPS) is 16.6. The van der Waals surface area contributed by atoms with E-state index >= 15 is 0 Å². The van der Waals surface area contributed by atoms with Crippen LogP contribution in [0.1, 0.15) is 53.6 Å². The van der Waals surface area contributed by atoms with Crippen LogP contribution in [0.15, 0.2) is 36.4 Å². The van der Waals surface area contributed by atoms with E-state index < -0.39 is 0 Å². The highest BCUT2D eigenvalue weighted by Gasteiger charge is 2.34. The second kappa shape index (κ2) is 8.31. The van der Waals surface area contributed by atoms with E-state index in [2.05, 4.69) is 26.1 Å². The molecule has 0 saturated heterocycles. The van der Waals surface area contributed by atoms with Gasteiger partial charge < -0.3 is 10.1 Å². The molecule has 0 aliphatic heterocycles. The van der Waals surface area contributed by atoms with Crippen molar-refractivity contribution in [3.05, 3.63) is 58.0 Å². The molecule has 28 heavy (non-hydrogen) atoms. The molecular formula is C23H27NO3S. The maximum atomic E-state index is 12.4. The Morgan fingerprint density at radius 1 is 1.21 bits per heavy atom. The zero-order valence-electron chi connectivity index (χ0n) is 16.9. The van der Waals surface area contributed by atoms with Crippen molar-refractivity contribution < 1.29 is 14.3 Å². The molecule has 3 rings (SSSR count). The fourth-order valence-corrected chi connectivity index (χ4v) is 4.94. The van der Waals surface area contributed by atoms with Crippen LogP contribution in [0.3, 0.4) is 0 Å². The number of carbonyl (C=O) groups is 2. The van der Waals surface area contributed by atoms with Gasteiger partial charge in [-0.1, -0.05) is 51.1 Å². The Kier molecular flexibility index (Phi) is 6.04. The molecule has 0 saturated carbocycles. The first kappa shape index (κ1) is 20.3. The van der Waals surface area contributed by atoms with Gasteiger partial charge in [0.15, 0.2) is 0 Å². The van der Waals surface area contributed by atoms with Crippen molar-refractivity contribution in [1.82, 2.24) is 0 Å². The smallest absolute Gasteiger partial charge is 0.341 e. The number of benzene rings is 1. The van der Waals surface area contributed by atoms with Crippen molar-refractivity contribution in [3.8, 4) is 0 Å². The van der Waals surface area contributed by atoms with E-state index in [9.17, 15) is 9.59 Å². The lowest BCUT2D eigenvalue weighted by atomic mass is 9.72. The Balaban J connectivity index is 1.84. The summed E-state index contributed by atoms with van der Waals surface area (Å²) in [5, 5.41) is 3.49. The Bertz CT molecular complexity index is 891. The van der Waals surface area contributed by atoms with Crippen molar-refractivity contribution in [3.63, 3.8) is 0 Å². The summed E-state index contributed by atoms with van der Waals surface area (Å²) in [7, 11) is 1.38. The third-order valence-corrected chi connectivity index (χ3v) is 6.51.